The lowest BCUT2D eigenvalue weighted by molar-refractivity contribution is -0.0504. The van der Waals surface area contributed by atoms with Crippen molar-refractivity contribution in [2.24, 2.45) is 0 Å². The molecule has 2 aromatic carbocycles. The predicted molar refractivity (Wildman–Crippen MR) is 84.5 cm³/mol. The molecule has 0 aliphatic rings. The van der Waals surface area contributed by atoms with Crippen molar-refractivity contribution in [3.05, 3.63) is 56.4 Å². The summed E-state index contributed by atoms with van der Waals surface area (Å²) in [6, 6.07) is 8.68. The molecule has 0 aliphatic carbocycles. The van der Waals surface area contributed by atoms with Crippen LogP contribution in [0.25, 0.3) is 0 Å². The molecule has 0 radical (unpaired) electrons. The van der Waals surface area contributed by atoms with Crippen LogP contribution in [0.4, 0.5) is 18.9 Å². The normalized spacial score (nSPS) is 10.8. The van der Waals surface area contributed by atoms with Crippen LogP contribution >= 0.6 is 34.2 Å². The topological polar surface area (TPSA) is 21.3 Å². The van der Waals surface area contributed by atoms with Gasteiger partial charge in [-0.15, -0.1) is 0 Å². The Bertz CT molecular complexity index is 640. The summed E-state index contributed by atoms with van der Waals surface area (Å²) in [5.41, 5.74) is 1.18. The Morgan fingerprint density at radius 3 is 2.62 bits per heavy atom. The Kier molecular flexibility index (Phi) is 5.58. The van der Waals surface area contributed by atoms with Gasteiger partial charge in [-0.2, -0.15) is 8.78 Å². The van der Waals surface area contributed by atoms with Gasteiger partial charge in [0.05, 0.1) is 0 Å². The smallest absolute Gasteiger partial charge is 0.387 e. The van der Waals surface area contributed by atoms with Crippen LogP contribution in [0.15, 0.2) is 36.4 Å². The van der Waals surface area contributed by atoms with Gasteiger partial charge in [-0.1, -0.05) is 11.6 Å². The zero-order chi connectivity index (χ0) is 15.4. The largest absolute Gasteiger partial charge is 0.434 e. The van der Waals surface area contributed by atoms with E-state index in [0.717, 1.165) is 0 Å². The van der Waals surface area contributed by atoms with E-state index in [2.05, 4.69) is 10.1 Å². The molecule has 1 N–H and O–H groups in total. The standard InChI is InChI=1S/C14H10ClF3INO/c15-9-1-4-13(21-14(17)18)8(5-9)7-20-12-3-2-10(16)6-11(12)19/h1-6,14,20H,7H2. The van der Waals surface area contributed by atoms with E-state index in [-0.39, 0.29) is 18.1 Å². The van der Waals surface area contributed by atoms with Crippen molar-refractivity contribution < 1.29 is 17.9 Å². The fourth-order valence-corrected chi connectivity index (χ4v) is 2.58. The van der Waals surface area contributed by atoms with Crippen LogP contribution in [0.5, 0.6) is 5.75 Å². The molecule has 0 bridgehead atoms. The second-order valence-corrected chi connectivity index (χ2v) is 5.71. The van der Waals surface area contributed by atoms with E-state index in [4.69, 9.17) is 11.6 Å². The Morgan fingerprint density at radius 1 is 1.19 bits per heavy atom. The van der Waals surface area contributed by atoms with Crippen LogP contribution in [0.3, 0.4) is 0 Å². The molecule has 0 saturated heterocycles. The molecule has 0 fully saturated rings. The quantitative estimate of drug-likeness (QED) is 0.654. The van der Waals surface area contributed by atoms with Crippen molar-refractivity contribution in [3.8, 4) is 5.75 Å². The maximum absolute atomic E-state index is 13.0. The monoisotopic (exact) mass is 427 g/mol. The molecule has 0 saturated carbocycles. The molecule has 112 valence electrons. The number of halogens is 5. The number of rotatable bonds is 5. The molecule has 0 aromatic heterocycles. The van der Waals surface area contributed by atoms with Gasteiger partial charge in [-0.05, 0) is 59.0 Å². The second-order valence-electron chi connectivity index (χ2n) is 4.11. The molecular weight excluding hydrogens is 418 g/mol. The van der Waals surface area contributed by atoms with Gasteiger partial charge in [0, 0.05) is 26.4 Å². The van der Waals surface area contributed by atoms with Crippen LogP contribution in [0, 0.1) is 9.39 Å². The SMILES string of the molecule is Fc1ccc(NCc2cc(Cl)ccc2OC(F)F)c(I)c1. The number of anilines is 1. The van der Waals surface area contributed by atoms with Crippen LogP contribution in [-0.4, -0.2) is 6.61 Å². The summed E-state index contributed by atoms with van der Waals surface area (Å²) in [6.07, 6.45) is 0. The lowest BCUT2D eigenvalue weighted by Crippen LogP contribution is -2.07. The van der Waals surface area contributed by atoms with E-state index in [1.54, 1.807) is 12.1 Å². The summed E-state index contributed by atoms with van der Waals surface area (Å²) in [5.74, 6) is -0.284. The summed E-state index contributed by atoms with van der Waals surface area (Å²) in [5, 5.41) is 3.46. The first-order valence-corrected chi connectivity index (χ1v) is 7.33. The highest BCUT2D eigenvalue weighted by Crippen LogP contribution is 2.26. The van der Waals surface area contributed by atoms with E-state index in [1.807, 2.05) is 22.6 Å². The number of nitrogens with one attached hydrogen (secondary N) is 1. The van der Waals surface area contributed by atoms with Crippen LogP contribution in [-0.2, 0) is 6.54 Å². The van der Waals surface area contributed by atoms with Crippen molar-refractivity contribution in [2.75, 3.05) is 5.32 Å². The lowest BCUT2D eigenvalue weighted by Gasteiger charge is -2.13. The highest BCUT2D eigenvalue weighted by molar-refractivity contribution is 14.1. The molecular formula is C14H10ClF3INO. The summed E-state index contributed by atoms with van der Waals surface area (Å²) < 4.78 is 42.9. The minimum atomic E-state index is -2.91. The first-order valence-electron chi connectivity index (χ1n) is 5.88. The molecule has 7 heteroatoms. The van der Waals surface area contributed by atoms with Crippen LogP contribution in [0.1, 0.15) is 5.56 Å². The molecule has 0 spiro atoms. The summed E-state index contributed by atoms with van der Waals surface area (Å²) in [4.78, 5) is 0. The highest BCUT2D eigenvalue weighted by Gasteiger charge is 2.11. The minimum Gasteiger partial charge on any atom is -0.434 e. The van der Waals surface area contributed by atoms with Crippen molar-refractivity contribution in [1.29, 1.82) is 0 Å². The van der Waals surface area contributed by atoms with Gasteiger partial charge in [0.25, 0.3) is 0 Å². The fourth-order valence-electron chi connectivity index (χ4n) is 1.72. The summed E-state index contributed by atoms with van der Waals surface area (Å²) >= 11 is 7.85. The highest BCUT2D eigenvalue weighted by atomic mass is 127. The van der Waals surface area contributed by atoms with Crippen LogP contribution in [0.2, 0.25) is 5.02 Å². The van der Waals surface area contributed by atoms with Gasteiger partial charge >= 0.3 is 6.61 Å². The zero-order valence-corrected chi connectivity index (χ0v) is 13.5. The van der Waals surface area contributed by atoms with Crippen molar-refractivity contribution in [2.45, 2.75) is 13.2 Å². The van der Waals surface area contributed by atoms with Crippen molar-refractivity contribution in [1.82, 2.24) is 0 Å². The average molecular weight is 428 g/mol. The minimum absolute atomic E-state index is 0.0546. The number of hydrogen-bond acceptors (Lipinski definition) is 2. The van der Waals surface area contributed by atoms with E-state index < -0.39 is 6.61 Å². The maximum Gasteiger partial charge on any atom is 0.387 e. The molecule has 0 unspecified atom stereocenters. The molecule has 2 rings (SSSR count). The van der Waals surface area contributed by atoms with Crippen molar-refractivity contribution >= 4 is 39.9 Å². The Hall–Kier alpha value is -1.15. The van der Waals surface area contributed by atoms with Gasteiger partial charge < -0.3 is 10.1 Å². The zero-order valence-electron chi connectivity index (χ0n) is 10.5. The molecule has 21 heavy (non-hydrogen) atoms. The summed E-state index contributed by atoms with van der Waals surface area (Å²) in [6.45, 7) is -2.68. The first-order chi connectivity index (χ1) is 9.95. The number of ether oxygens (including phenoxy) is 1. The number of benzene rings is 2. The Morgan fingerprint density at radius 2 is 1.95 bits per heavy atom. The Labute approximate surface area is 138 Å². The number of hydrogen-bond donors (Lipinski definition) is 1. The average Bonchev–Trinajstić information content (AvgIpc) is 2.40. The molecule has 2 nitrogen and oxygen atoms in total. The van der Waals surface area contributed by atoms with E-state index in [1.165, 1.54) is 24.3 Å². The molecule has 2 aromatic rings. The second kappa shape index (κ2) is 7.22. The van der Waals surface area contributed by atoms with Gasteiger partial charge in [0.15, 0.2) is 0 Å². The molecule has 0 amide bonds. The maximum atomic E-state index is 13.0. The predicted octanol–water partition coefficient (Wildman–Crippen LogP) is 5.30. The Balaban J connectivity index is 2.16. The lowest BCUT2D eigenvalue weighted by atomic mass is 10.2. The molecule has 0 atom stereocenters. The summed E-state index contributed by atoms with van der Waals surface area (Å²) in [7, 11) is 0. The van der Waals surface area contributed by atoms with Crippen LogP contribution < -0.4 is 10.1 Å². The van der Waals surface area contributed by atoms with E-state index in [0.29, 0.717) is 19.8 Å². The van der Waals surface area contributed by atoms with Gasteiger partial charge in [-0.3, -0.25) is 0 Å². The number of alkyl halides is 2. The molecule has 0 aliphatic heterocycles. The third kappa shape index (κ3) is 4.67. The fraction of sp³-hybridized carbons (Fsp3) is 0.143. The third-order valence-corrected chi connectivity index (χ3v) is 3.77. The van der Waals surface area contributed by atoms with E-state index >= 15 is 0 Å². The van der Waals surface area contributed by atoms with Gasteiger partial charge in [0.1, 0.15) is 11.6 Å². The third-order valence-electron chi connectivity index (χ3n) is 2.64. The van der Waals surface area contributed by atoms with Crippen molar-refractivity contribution in [3.63, 3.8) is 0 Å². The van der Waals surface area contributed by atoms with Gasteiger partial charge in [0.2, 0.25) is 0 Å². The molecule has 0 heterocycles. The van der Waals surface area contributed by atoms with E-state index in [9.17, 15) is 13.2 Å². The first kappa shape index (κ1) is 16.2. The van der Waals surface area contributed by atoms with Gasteiger partial charge in [-0.25, -0.2) is 4.39 Å².